The molecule has 1 aromatic rings. The summed E-state index contributed by atoms with van der Waals surface area (Å²) in [6, 6.07) is 3.15. The number of rotatable bonds is 4. The lowest BCUT2D eigenvalue weighted by molar-refractivity contribution is 0.163. The highest BCUT2D eigenvalue weighted by molar-refractivity contribution is 7.80. The first-order valence-electron chi connectivity index (χ1n) is 3.87. The van der Waals surface area contributed by atoms with Gasteiger partial charge < -0.3 is 11.1 Å². The molecule has 0 aliphatic heterocycles. The fraction of sp³-hybridized carbons (Fsp3) is 0.250. The molecule has 76 valence electrons. The maximum Gasteiger partial charge on any atom is 0.255 e. The number of pyridine rings is 1. The number of aromatic nitrogens is 1. The van der Waals surface area contributed by atoms with Gasteiger partial charge in [-0.05, 0) is 12.1 Å². The van der Waals surface area contributed by atoms with E-state index >= 15 is 0 Å². The summed E-state index contributed by atoms with van der Waals surface area (Å²) in [6.45, 7) is -0.437. The molecule has 0 spiro atoms. The Morgan fingerprint density at radius 2 is 2.36 bits per heavy atom. The predicted octanol–water partition coefficient (Wildman–Crippen LogP) is 1.39. The number of anilines is 1. The summed E-state index contributed by atoms with van der Waals surface area (Å²) in [6.07, 6.45) is -0.951. The second kappa shape index (κ2) is 4.80. The molecule has 0 aromatic carbocycles. The predicted molar refractivity (Wildman–Crippen MR) is 54.6 cm³/mol. The van der Waals surface area contributed by atoms with E-state index in [2.05, 4.69) is 10.3 Å². The van der Waals surface area contributed by atoms with Gasteiger partial charge >= 0.3 is 0 Å². The van der Waals surface area contributed by atoms with Crippen LogP contribution in [0.1, 0.15) is 5.56 Å². The highest BCUT2D eigenvalue weighted by Gasteiger charge is 2.03. The van der Waals surface area contributed by atoms with E-state index in [9.17, 15) is 8.78 Å². The standard InChI is InChI=1S/C8H9F2N3S/c9-6(10)4-13-7-3-5(8(11)14)1-2-12-7/h1-3,6H,4H2,(H2,11,14)(H,12,13). The van der Waals surface area contributed by atoms with Gasteiger partial charge in [-0.2, -0.15) is 0 Å². The van der Waals surface area contributed by atoms with Crippen molar-refractivity contribution in [3.63, 3.8) is 0 Å². The highest BCUT2D eigenvalue weighted by Crippen LogP contribution is 2.07. The number of thiocarbonyl (C=S) groups is 1. The molecule has 0 atom stereocenters. The van der Waals surface area contributed by atoms with E-state index in [1.54, 1.807) is 6.07 Å². The number of hydrogen-bond donors (Lipinski definition) is 2. The molecule has 0 aliphatic carbocycles. The Kier molecular flexibility index (Phi) is 3.70. The average Bonchev–Trinajstić information content (AvgIpc) is 2.15. The average molecular weight is 217 g/mol. The topological polar surface area (TPSA) is 50.9 Å². The van der Waals surface area contributed by atoms with Crippen molar-refractivity contribution in [2.75, 3.05) is 11.9 Å². The third-order valence-electron chi connectivity index (χ3n) is 1.48. The molecule has 1 rings (SSSR count). The lowest BCUT2D eigenvalue weighted by Gasteiger charge is -2.05. The highest BCUT2D eigenvalue weighted by atomic mass is 32.1. The second-order valence-electron chi connectivity index (χ2n) is 2.57. The molecule has 0 unspecified atom stereocenters. The van der Waals surface area contributed by atoms with Crippen molar-refractivity contribution >= 4 is 23.0 Å². The Morgan fingerprint density at radius 3 is 2.93 bits per heavy atom. The van der Waals surface area contributed by atoms with E-state index in [1.165, 1.54) is 12.3 Å². The van der Waals surface area contributed by atoms with Crippen LogP contribution in [0, 0.1) is 0 Å². The van der Waals surface area contributed by atoms with Crippen molar-refractivity contribution in [3.8, 4) is 0 Å². The summed E-state index contributed by atoms with van der Waals surface area (Å²) < 4.78 is 23.7. The Balaban J connectivity index is 2.69. The summed E-state index contributed by atoms with van der Waals surface area (Å²) in [5.41, 5.74) is 5.97. The van der Waals surface area contributed by atoms with Gasteiger partial charge in [-0.3, -0.25) is 0 Å². The number of nitrogens with zero attached hydrogens (tertiary/aromatic N) is 1. The number of nitrogens with two attached hydrogens (primary N) is 1. The summed E-state index contributed by atoms with van der Waals surface area (Å²) in [5, 5.41) is 2.46. The van der Waals surface area contributed by atoms with Crippen LogP contribution in [-0.2, 0) is 0 Å². The number of halogens is 2. The van der Waals surface area contributed by atoms with E-state index in [1.807, 2.05) is 0 Å². The SMILES string of the molecule is NC(=S)c1ccnc(NCC(F)F)c1. The third-order valence-corrected chi connectivity index (χ3v) is 1.72. The number of nitrogens with one attached hydrogen (secondary N) is 1. The molecular weight excluding hydrogens is 208 g/mol. The van der Waals surface area contributed by atoms with Gasteiger partial charge in [0.2, 0.25) is 0 Å². The molecule has 3 nitrogen and oxygen atoms in total. The molecular formula is C8H9F2N3S. The lowest BCUT2D eigenvalue weighted by atomic mass is 10.2. The zero-order valence-corrected chi connectivity index (χ0v) is 8.02. The minimum atomic E-state index is -2.41. The Hall–Kier alpha value is -1.30. The third kappa shape index (κ3) is 3.21. The maximum absolute atomic E-state index is 11.8. The monoisotopic (exact) mass is 217 g/mol. The van der Waals surface area contributed by atoms with Gasteiger partial charge in [0, 0.05) is 11.8 Å². The maximum atomic E-state index is 11.8. The minimum Gasteiger partial charge on any atom is -0.389 e. The van der Waals surface area contributed by atoms with E-state index in [-0.39, 0.29) is 4.99 Å². The van der Waals surface area contributed by atoms with Crippen LogP contribution < -0.4 is 11.1 Å². The van der Waals surface area contributed by atoms with Crippen LogP contribution in [0.25, 0.3) is 0 Å². The normalized spacial score (nSPS) is 10.2. The Labute approximate surface area is 85.3 Å². The number of alkyl halides is 2. The first-order chi connectivity index (χ1) is 6.59. The molecule has 0 saturated heterocycles. The molecule has 0 fully saturated rings. The van der Waals surface area contributed by atoms with Gasteiger partial charge in [0.05, 0.1) is 6.54 Å². The fourth-order valence-electron chi connectivity index (χ4n) is 0.862. The molecule has 3 N–H and O–H groups in total. The van der Waals surface area contributed by atoms with E-state index in [0.29, 0.717) is 11.4 Å². The van der Waals surface area contributed by atoms with Crippen molar-refractivity contribution in [1.82, 2.24) is 4.98 Å². The summed E-state index contributed by atoms with van der Waals surface area (Å²) in [5.74, 6) is 0.343. The molecule has 0 aliphatic rings. The van der Waals surface area contributed by atoms with Gasteiger partial charge in [-0.15, -0.1) is 0 Å². The van der Waals surface area contributed by atoms with Crippen molar-refractivity contribution in [2.45, 2.75) is 6.43 Å². The number of hydrogen-bond acceptors (Lipinski definition) is 3. The molecule has 6 heteroatoms. The first-order valence-corrected chi connectivity index (χ1v) is 4.28. The van der Waals surface area contributed by atoms with Crippen LogP contribution in [-0.4, -0.2) is 22.9 Å². The molecule has 0 bridgehead atoms. The van der Waals surface area contributed by atoms with Crippen molar-refractivity contribution in [1.29, 1.82) is 0 Å². The van der Waals surface area contributed by atoms with Gasteiger partial charge in [0.25, 0.3) is 6.43 Å². The largest absolute Gasteiger partial charge is 0.389 e. The fourth-order valence-corrected chi connectivity index (χ4v) is 0.989. The van der Waals surface area contributed by atoms with Crippen LogP contribution in [0.2, 0.25) is 0 Å². The Bertz CT molecular complexity index is 330. The second-order valence-corrected chi connectivity index (χ2v) is 3.01. The van der Waals surface area contributed by atoms with Crippen molar-refractivity contribution in [3.05, 3.63) is 23.9 Å². The summed E-state index contributed by atoms with van der Waals surface area (Å²) >= 11 is 4.73. The molecule has 0 amide bonds. The Morgan fingerprint density at radius 1 is 1.64 bits per heavy atom. The van der Waals surface area contributed by atoms with Crippen LogP contribution in [0.3, 0.4) is 0 Å². The van der Waals surface area contributed by atoms with Gasteiger partial charge in [-0.25, -0.2) is 13.8 Å². The summed E-state index contributed by atoms with van der Waals surface area (Å²) in [4.78, 5) is 4.05. The van der Waals surface area contributed by atoms with Gasteiger partial charge in [0.1, 0.15) is 10.8 Å². The molecule has 14 heavy (non-hydrogen) atoms. The van der Waals surface area contributed by atoms with E-state index in [0.717, 1.165) is 0 Å². The molecule has 0 saturated carbocycles. The van der Waals surface area contributed by atoms with Gasteiger partial charge in [0.15, 0.2) is 0 Å². The zero-order chi connectivity index (χ0) is 10.6. The van der Waals surface area contributed by atoms with Crippen LogP contribution in [0.4, 0.5) is 14.6 Å². The van der Waals surface area contributed by atoms with Crippen molar-refractivity contribution in [2.24, 2.45) is 5.73 Å². The smallest absolute Gasteiger partial charge is 0.255 e. The first kappa shape index (κ1) is 10.8. The van der Waals surface area contributed by atoms with Gasteiger partial charge in [-0.1, -0.05) is 12.2 Å². The van der Waals surface area contributed by atoms with Crippen molar-refractivity contribution < 1.29 is 8.78 Å². The lowest BCUT2D eigenvalue weighted by Crippen LogP contribution is -2.13. The van der Waals surface area contributed by atoms with Crippen LogP contribution in [0.5, 0.6) is 0 Å². The minimum absolute atomic E-state index is 0.215. The molecule has 1 heterocycles. The zero-order valence-electron chi connectivity index (χ0n) is 7.21. The van der Waals surface area contributed by atoms with E-state index in [4.69, 9.17) is 18.0 Å². The van der Waals surface area contributed by atoms with Crippen LogP contribution in [0.15, 0.2) is 18.3 Å². The van der Waals surface area contributed by atoms with Crippen LogP contribution >= 0.6 is 12.2 Å². The van der Waals surface area contributed by atoms with E-state index < -0.39 is 13.0 Å². The molecule has 1 aromatic heterocycles. The molecule has 0 radical (unpaired) electrons. The summed E-state index contributed by atoms with van der Waals surface area (Å²) in [7, 11) is 0. The quantitative estimate of drug-likeness (QED) is 0.748.